The zero-order valence-electron chi connectivity index (χ0n) is 16.9. The van der Waals surface area contributed by atoms with Crippen LogP contribution in [-0.4, -0.2) is 29.1 Å². The third kappa shape index (κ3) is 3.00. The first-order chi connectivity index (χ1) is 15.1. The van der Waals surface area contributed by atoms with Gasteiger partial charge in [0.05, 0.1) is 16.9 Å². The number of primary amides is 1. The van der Waals surface area contributed by atoms with Crippen LogP contribution in [0.1, 0.15) is 27.8 Å². The quantitative estimate of drug-likeness (QED) is 0.560. The summed E-state index contributed by atoms with van der Waals surface area (Å²) in [5.74, 6) is -0.855. The van der Waals surface area contributed by atoms with Crippen molar-refractivity contribution in [2.24, 2.45) is 10.7 Å². The zero-order valence-corrected chi connectivity index (χ0v) is 16.9. The van der Waals surface area contributed by atoms with Gasteiger partial charge in [0, 0.05) is 23.6 Å². The molecule has 5 rings (SSSR count). The molecule has 4 aromatic rings. The number of hydrogen-bond donors (Lipinski definition) is 1. The highest BCUT2D eigenvalue weighted by atomic mass is 16.2. The molecule has 2 N–H and O–H groups in total. The van der Waals surface area contributed by atoms with Gasteiger partial charge in [0.2, 0.25) is 6.17 Å². The van der Waals surface area contributed by atoms with Crippen molar-refractivity contribution in [2.75, 3.05) is 11.9 Å². The SMILES string of the molecule is CN1C(=O)[C@@H](n2c(C(N)=O)cc3ccccc32)N=C(c2ccccc2)c2ccccc21. The molecule has 0 unspecified atom stereocenters. The van der Waals surface area contributed by atoms with E-state index in [0.717, 1.165) is 27.7 Å². The fourth-order valence-corrected chi connectivity index (χ4v) is 4.13. The molecule has 0 radical (unpaired) electrons. The van der Waals surface area contributed by atoms with Crippen molar-refractivity contribution in [3.05, 3.63) is 102 Å². The summed E-state index contributed by atoms with van der Waals surface area (Å²) in [6.07, 6.45) is -0.977. The van der Waals surface area contributed by atoms with Crippen LogP contribution in [0.5, 0.6) is 0 Å². The van der Waals surface area contributed by atoms with Crippen molar-refractivity contribution in [2.45, 2.75) is 6.17 Å². The Kier molecular flexibility index (Phi) is 4.40. The minimum Gasteiger partial charge on any atom is -0.364 e. The van der Waals surface area contributed by atoms with Crippen LogP contribution in [-0.2, 0) is 4.79 Å². The summed E-state index contributed by atoms with van der Waals surface area (Å²) < 4.78 is 1.64. The first kappa shape index (κ1) is 18.8. The molecular weight excluding hydrogens is 388 g/mol. The number of likely N-dealkylation sites (N-methyl/N-ethyl adjacent to an activating group) is 1. The molecule has 0 fully saturated rings. The Labute approximate surface area is 179 Å². The van der Waals surface area contributed by atoms with Crippen LogP contribution in [0, 0.1) is 0 Å². The van der Waals surface area contributed by atoms with Crippen LogP contribution in [0.25, 0.3) is 10.9 Å². The maximum absolute atomic E-state index is 13.6. The minimum absolute atomic E-state index is 0.245. The number of fused-ring (bicyclic) bond motifs is 2. The van der Waals surface area contributed by atoms with E-state index >= 15 is 0 Å². The van der Waals surface area contributed by atoms with Gasteiger partial charge in [-0.2, -0.15) is 0 Å². The van der Waals surface area contributed by atoms with Crippen LogP contribution in [0.2, 0.25) is 0 Å². The van der Waals surface area contributed by atoms with Gasteiger partial charge in [0.25, 0.3) is 11.8 Å². The molecule has 1 aliphatic rings. The molecule has 6 heteroatoms. The summed E-state index contributed by atoms with van der Waals surface area (Å²) in [7, 11) is 1.73. The summed E-state index contributed by atoms with van der Waals surface area (Å²) in [5, 5.41) is 0.824. The Morgan fingerprint density at radius 1 is 0.935 bits per heavy atom. The van der Waals surface area contributed by atoms with E-state index in [1.807, 2.05) is 78.9 Å². The predicted molar refractivity (Wildman–Crippen MR) is 121 cm³/mol. The van der Waals surface area contributed by atoms with Crippen LogP contribution >= 0.6 is 0 Å². The van der Waals surface area contributed by atoms with Crippen molar-refractivity contribution >= 4 is 34.1 Å². The van der Waals surface area contributed by atoms with E-state index in [9.17, 15) is 9.59 Å². The number of rotatable bonds is 3. The topological polar surface area (TPSA) is 80.7 Å². The number of hydrogen-bond acceptors (Lipinski definition) is 3. The maximum Gasteiger partial charge on any atom is 0.272 e. The molecule has 0 spiro atoms. The lowest BCUT2D eigenvalue weighted by atomic mass is 10.0. The average molecular weight is 408 g/mol. The summed E-state index contributed by atoms with van der Waals surface area (Å²) in [6, 6.07) is 26.6. The Hall–Kier alpha value is -4.19. The Morgan fingerprint density at radius 2 is 1.61 bits per heavy atom. The molecule has 6 nitrogen and oxygen atoms in total. The number of anilines is 1. The molecule has 0 bridgehead atoms. The molecule has 31 heavy (non-hydrogen) atoms. The Balaban J connectivity index is 1.83. The third-order valence-electron chi connectivity index (χ3n) is 5.62. The highest BCUT2D eigenvalue weighted by molar-refractivity contribution is 6.20. The molecular formula is C25H20N4O2. The van der Waals surface area contributed by atoms with Gasteiger partial charge in [-0.3, -0.25) is 9.59 Å². The largest absolute Gasteiger partial charge is 0.364 e. The smallest absolute Gasteiger partial charge is 0.272 e. The van der Waals surface area contributed by atoms with E-state index in [1.54, 1.807) is 22.6 Å². The number of para-hydroxylation sites is 2. The van der Waals surface area contributed by atoms with E-state index in [1.165, 1.54) is 0 Å². The van der Waals surface area contributed by atoms with Crippen molar-refractivity contribution in [3.8, 4) is 0 Å². The number of aliphatic imine (C=N–C) groups is 1. The van der Waals surface area contributed by atoms with E-state index < -0.39 is 12.1 Å². The van der Waals surface area contributed by atoms with Gasteiger partial charge in [0.1, 0.15) is 5.69 Å². The van der Waals surface area contributed by atoms with Gasteiger partial charge in [-0.25, -0.2) is 4.99 Å². The second kappa shape index (κ2) is 7.25. The Morgan fingerprint density at radius 3 is 2.39 bits per heavy atom. The number of nitrogens with two attached hydrogens (primary N) is 1. The van der Waals surface area contributed by atoms with Crippen LogP contribution in [0.15, 0.2) is 89.9 Å². The lowest BCUT2D eigenvalue weighted by molar-refractivity contribution is -0.121. The average Bonchev–Trinajstić information content (AvgIpc) is 3.15. The van der Waals surface area contributed by atoms with Gasteiger partial charge < -0.3 is 15.2 Å². The lowest BCUT2D eigenvalue weighted by Crippen LogP contribution is -2.34. The lowest BCUT2D eigenvalue weighted by Gasteiger charge is -2.22. The van der Waals surface area contributed by atoms with Crippen LogP contribution < -0.4 is 10.6 Å². The van der Waals surface area contributed by atoms with Gasteiger partial charge >= 0.3 is 0 Å². The maximum atomic E-state index is 13.6. The molecule has 2 heterocycles. The van der Waals surface area contributed by atoms with Gasteiger partial charge in [-0.15, -0.1) is 0 Å². The second-order valence-electron chi connectivity index (χ2n) is 7.45. The number of benzene rings is 3. The summed E-state index contributed by atoms with van der Waals surface area (Å²) in [4.78, 5) is 32.5. The van der Waals surface area contributed by atoms with E-state index in [2.05, 4.69) is 0 Å². The fraction of sp³-hybridized carbons (Fsp3) is 0.0800. The van der Waals surface area contributed by atoms with E-state index in [4.69, 9.17) is 10.7 Å². The predicted octanol–water partition coefficient (Wildman–Crippen LogP) is 3.75. The van der Waals surface area contributed by atoms with Crippen molar-refractivity contribution in [1.29, 1.82) is 0 Å². The second-order valence-corrected chi connectivity index (χ2v) is 7.45. The monoisotopic (exact) mass is 408 g/mol. The number of benzodiazepines with no additional fused rings is 1. The van der Waals surface area contributed by atoms with Crippen molar-refractivity contribution in [3.63, 3.8) is 0 Å². The number of nitrogens with zero attached hydrogens (tertiary/aromatic N) is 3. The molecule has 1 aromatic heterocycles. The number of aromatic nitrogens is 1. The number of carbonyl (C=O) groups excluding carboxylic acids is 2. The molecule has 0 saturated carbocycles. The molecule has 0 aliphatic carbocycles. The van der Waals surface area contributed by atoms with Crippen LogP contribution in [0.4, 0.5) is 5.69 Å². The molecule has 152 valence electrons. The van der Waals surface area contributed by atoms with Crippen molar-refractivity contribution < 1.29 is 9.59 Å². The van der Waals surface area contributed by atoms with Crippen molar-refractivity contribution in [1.82, 2.24) is 4.57 Å². The first-order valence-electron chi connectivity index (χ1n) is 9.96. The van der Waals surface area contributed by atoms with E-state index in [0.29, 0.717) is 5.71 Å². The third-order valence-corrected chi connectivity index (χ3v) is 5.62. The van der Waals surface area contributed by atoms with Crippen LogP contribution in [0.3, 0.4) is 0 Å². The van der Waals surface area contributed by atoms with Gasteiger partial charge in [-0.05, 0) is 18.2 Å². The molecule has 3 aromatic carbocycles. The standard InChI is InChI=1S/C25H20N4O2/c1-28-20-14-8-6-12-18(20)22(16-9-3-2-4-10-16)27-24(25(28)31)29-19-13-7-5-11-17(19)15-21(29)23(26)30/h2-15,24H,1H3,(H2,26,30)/t24-/m1/s1. The minimum atomic E-state index is -0.977. The highest BCUT2D eigenvalue weighted by Crippen LogP contribution is 2.33. The van der Waals surface area contributed by atoms with Gasteiger partial charge in [0.15, 0.2) is 0 Å². The first-order valence-corrected chi connectivity index (χ1v) is 9.96. The summed E-state index contributed by atoms with van der Waals surface area (Å²) >= 11 is 0. The zero-order chi connectivity index (χ0) is 21.5. The van der Waals surface area contributed by atoms with Gasteiger partial charge in [-0.1, -0.05) is 66.7 Å². The Bertz CT molecular complexity index is 1350. The normalized spacial score (nSPS) is 16.0. The number of amides is 2. The fourth-order valence-electron chi connectivity index (χ4n) is 4.13. The molecule has 2 amide bonds. The molecule has 1 aliphatic heterocycles. The highest BCUT2D eigenvalue weighted by Gasteiger charge is 2.33. The summed E-state index contributed by atoms with van der Waals surface area (Å²) in [6.45, 7) is 0. The molecule has 0 saturated heterocycles. The number of carbonyl (C=O) groups is 2. The molecule has 1 atom stereocenters. The van der Waals surface area contributed by atoms with E-state index in [-0.39, 0.29) is 11.6 Å². The summed E-state index contributed by atoms with van der Waals surface area (Å²) in [5.41, 5.74) is 9.86.